The van der Waals surface area contributed by atoms with Crippen LogP contribution in [-0.4, -0.2) is 52.9 Å². The highest BCUT2D eigenvalue weighted by Crippen LogP contribution is 2.32. The molecule has 1 aromatic rings. The van der Waals surface area contributed by atoms with Gasteiger partial charge in [0.15, 0.2) is 5.17 Å². The van der Waals surface area contributed by atoms with E-state index in [1.807, 2.05) is 47.9 Å². The summed E-state index contributed by atoms with van der Waals surface area (Å²) in [5.41, 5.74) is 7.13. The first kappa shape index (κ1) is 22.1. The summed E-state index contributed by atoms with van der Waals surface area (Å²) in [5.74, 6) is 0.747. The lowest BCUT2D eigenvalue weighted by atomic mass is 9.97. The van der Waals surface area contributed by atoms with Gasteiger partial charge in [0.1, 0.15) is 12.0 Å². The van der Waals surface area contributed by atoms with Gasteiger partial charge >= 0.3 is 0 Å². The number of hydrazine groups is 1. The molecule has 2 heterocycles. The van der Waals surface area contributed by atoms with Crippen molar-refractivity contribution in [3.63, 3.8) is 0 Å². The molecule has 3 N–H and O–H groups in total. The highest BCUT2D eigenvalue weighted by Gasteiger charge is 2.43. The molecule has 0 aliphatic carbocycles. The Bertz CT molecular complexity index is 788. The lowest BCUT2D eigenvalue weighted by molar-refractivity contribution is -0.128. The van der Waals surface area contributed by atoms with Gasteiger partial charge in [-0.3, -0.25) is 20.5 Å². The summed E-state index contributed by atoms with van der Waals surface area (Å²) < 4.78 is 0. The Morgan fingerprint density at radius 1 is 1.38 bits per heavy atom. The molecule has 29 heavy (non-hydrogen) atoms. The maximum atomic E-state index is 12.7. The van der Waals surface area contributed by atoms with Crippen LogP contribution in [0.2, 0.25) is 5.02 Å². The SMILES string of the molecule is CCCCN(CC)C(=O)CSC1=NC2NNC(C)C2C(=N)N1c1cccc(Cl)c1. The van der Waals surface area contributed by atoms with E-state index in [2.05, 4.69) is 17.8 Å². The number of amidine groups is 2. The molecular weight excluding hydrogens is 408 g/mol. The van der Waals surface area contributed by atoms with Crippen molar-refractivity contribution in [3.8, 4) is 0 Å². The standard InChI is InChI=1S/C20H29ClN6OS/c1-4-6-10-26(5-2)16(28)12-29-20-23-19-17(13(3)24-25-19)18(22)27(20)15-9-7-8-14(21)11-15/h7-9,11,13,17,19,22,24-25H,4-6,10,12H2,1-3H3. The minimum atomic E-state index is -0.215. The predicted molar refractivity (Wildman–Crippen MR) is 122 cm³/mol. The Labute approximate surface area is 181 Å². The van der Waals surface area contributed by atoms with Crippen molar-refractivity contribution in [2.24, 2.45) is 10.9 Å². The van der Waals surface area contributed by atoms with Gasteiger partial charge in [-0.05, 0) is 38.5 Å². The van der Waals surface area contributed by atoms with Crippen LogP contribution in [0, 0.1) is 11.3 Å². The van der Waals surface area contributed by atoms with Crippen molar-refractivity contribution in [1.82, 2.24) is 15.8 Å². The highest BCUT2D eigenvalue weighted by atomic mass is 35.5. The molecule has 3 rings (SSSR count). The molecule has 7 nitrogen and oxygen atoms in total. The number of aliphatic imine (C=N–C) groups is 1. The highest BCUT2D eigenvalue weighted by molar-refractivity contribution is 8.14. The first-order valence-corrected chi connectivity index (χ1v) is 11.5. The van der Waals surface area contributed by atoms with Gasteiger partial charge in [0, 0.05) is 24.2 Å². The van der Waals surface area contributed by atoms with Crippen molar-refractivity contribution in [3.05, 3.63) is 29.3 Å². The van der Waals surface area contributed by atoms with Gasteiger partial charge in [-0.25, -0.2) is 10.4 Å². The fraction of sp³-hybridized carbons (Fsp3) is 0.550. The van der Waals surface area contributed by atoms with Crippen LogP contribution in [0.1, 0.15) is 33.6 Å². The summed E-state index contributed by atoms with van der Waals surface area (Å²) in [7, 11) is 0. The largest absolute Gasteiger partial charge is 0.342 e. The number of nitrogens with one attached hydrogen (secondary N) is 3. The van der Waals surface area contributed by atoms with Crippen LogP contribution < -0.4 is 15.8 Å². The number of hydrogen-bond acceptors (Lipinski definition) is 6. The van der Waals surface area contributed by atoms with Crippen LogP contribution >= 0.6 is 23.4 Å². The van der Waals surface area contributed by atoms with Crippen LogP contribution in [0.3, 0.4) is 0 Å². The minimum Gasteiger partial charge on any atom is -0.342 e. The zero-order chi connectivity index (χ0) is 21.0. The van der Waals surface area contributed by atoms with Crippen molar-refractivity contribution in [1.29, 1.82) is 5.41 Å². The molecule has 1 amide bonds. The topological polar surface area (TPSA) is 83.8 Å². The molecule has 2 aliphatic heterocycles. The van der Waals surface area contributed by atoms with Crippen LogP contribution in [-0.2, 0) is 4.79 Å². The Balaban J connectivity index is 1.82. The fourth-order valence-electron chi connectivity index (χ4n) is 3.59. The smallest absolute Gasteiger partial charge is 0.233 e. The molecule has 3 unspecified atom stereocenters. The number of benzene rings is 1. The van der Waals surface area contributed by atoms with E-state index in [1.54, 1.807) is 0 Å². The van der Waals surface area contributed by atoms with E-state index < -0.39 is 0 Å². The molecule has 1 fully saturated rings. The summed E-state index contributed by atoms with van der Waals surface area (Å²) in [4.78, 5) is 21.2. The van der Waals surface area contributed by atoms with Gasteiger partial charge in [-0.15, -0.1) is 0 Å². The van der Waals surface area contributed by atoms with Crippen LogP contribution in [0.15, 0.2) is 29.3 Å². The summed E-state index contributed by atoms with van der Waals surface area (Å²) in [6, 6.07) is 7.49. The molecule has 0 radical (unpaired) electrons. The fourth-order valence-corrected chi connectivity index (χ4v) is 4.73. The number of carbonyl (C=O) groups excluding carboxylic acids is 1. The van der Waals surface area contributed by atoms with Gasteiger partial charge in [0.25, 0.3) is 0 Å². The quantitative estimate of drug-likeness (QED) is 0.610. The van der Waals surface area contributed by atoms with Gasteiger partial charge in [0.05, 0.1) is 17.4 Å². The Morgan fingerprint density at radius 3 is 2.86 bits per heavy atom. The third-order valence-electron chi connectivity index (χ3n) is 5.24. The average Bonchev–Trinajstić information content (AvgIpc) is 3.08. The van der Waals surface area contributed by atoms with Crippen LogP contribution in [0.5, 0.6) is 0 Å². The van der Waals surface area contributed by atoms with Gasteiger partial charge in [-0.2, -0.15) is 0 Å². The zero-order valence-corrected chi connectivity index (χ0v) is 18.7. The Kier molecular flexibility index (Phi) is 7.56. The van der Waals surface area contributed by atoms with Crippen molar-refractivity contribution < 1.29 is 4.79 Å². The maximum Gasteiger partial charge on any atom is 0.233 e. The normalized spacial score (nSPS) is 23.7. The maximum absolute atomic E-state index is 12.7. The Hall–Kier alpha value is -1.61. The number of thioether (sulfide) groups is 1. The van der Waals surface area contributed by atoms with E-state index in [1.165, 1.54) is 11.8 Å². The van der Waals surface area contributed by atoms with Crippen molar-refractivity contribution in [2.45, 2.75) is 45.8 Å². The zero-order valence-electron chi connectivity index (χ0n) is 17.1. The number of nitrogens with zero attached hydrogens (tertiary/aromatic N) is 3. The molecule has 158 valence electrons. The number of halogens is 1. The molecule has 0 aromatic heterocycles. The number of carbonyl (C=O) groups is 1. The summed E-state index contributed by atoms with van der Waals surface area (Å²) in [6.45, 7) is 7.64. The molecule has 2 aliphatic rings. The molecule has 1 aromatic carbocycles. The van der Waals surface area contributed by atoms with E-state index in [4.69, 9.17) is 22.0 Å². The number of rotatable bonds is 7. The first-order chi connectivity index (χ1) is 14.0. The van der Waals surface area contributed by atoms with Crippen LogP contribution in [0.4, 0.5) is 5.69 Å². The number of hydrogen-bond donors (Lipinski definition) is 3. The Morgan fingerprint density at radius 2 is 2.17 bits per heavy atom. The molecular formula is C20H29ClN6OS. The van der Waals surface area contributed by atoms with E-state index in [-0.39, 0.29) is 24.0 Å². The van der Waals surface area contributed by atoms with E-state index in [0.717, 1.165) is 25.1 Å². The molecule has 1 saturated heterocycles. The second kappa shape index (κ2) is 9.93. The molecule has 3 atom stereocenters. The molecule has 9 heteroatoms. The van der Waals surface area contributed by atoms with Gasteiger partial charge in [-0.1, -0.05) is 42.8 Å². The molecule has 0 spiro atoms. The van der Waals surface area contributed by atoms with Gasteiger partial charge in [0.2, 0.25) is 5.91 Å². The lowest BCUT2D eigenvalue weighted by Gasteiger charge is -2.36. The number of fused-ring (bicyclic) bond motifs is 1. The summed E-state index contributed by atoms with van der Waals surface area (Å²) in [6.07, 6.45) is 1.85. The molecule has 0 bridgehead atoms. The van der Waals surface area contributed by atoms with Crippen LogP contribution in [0.25, 0.3) is 0 Å². The lowest BCUT2D eigenvalue weighted by Crippen LogP contribution is -2.50. The molecule has 0 saturated carbocycles. The summed E-state index contributed by atoms with van der Waals surface area (Å²) in [5, 5.41) is 10.1. The first-order valence-electron chi connectivity index (χ1n) is 10.1. The van der Waals surface area contributed by atoms with E-state index >= 15 is 0 Å². The van der Waals surface area contributed by atoms with Gasteiger partial charge < -0.3 is 4.90 Å². The second-order valence-electron chi connectivity index (χ2n) is 7.28. The minimum absolute atomic E-state index is 0.0794. The predicted octanol–water partition coefficient (Wildman–Crippen LogP) is 3.31. The summed E-state index contributed by atoms with van der Waals surface area (Å²) >= 11 is 7.58. The van der Waals surface area contributed by atoms with E-state index in [9.17, 15) is 4.79 Å². The second-order valence-corrected chi connectivity index (χ2v) is 8.65. The monoisotopic (exact) mass is 436 g/mol. The third kappa shape index (κ3) is 4.94. The van der Waals surface area contributed by atoms with Crippen molar-refractivity contribution >= 4 is 46.0 Å². The number of amides is 1. The van der Waals surface area contributed by atoms with Crippen molar-refractivity contribution in [2.75, 3.05) is 23.7 Å². The third-order valence-corrected chi connectivity index (χ3v) is 6.41. The van der Waals surface area contributed by atoms with E-state index in [0.29, 0.717) is 28.3 Å². The number of unbranched alkanes of at least 4 members (excludes halogenated alkanes) is 1. The number of anilines is 1. The average molecular weight is 437 g/mol.